The number of nitrogens with two attached hydrogens (primary N) is 1. The number of para-hydroxylation sites is 1. The van der Waals surface area contributed by atoms with Gasteiger partial charge in [-0.3, -0.25) is 0 Å². The smallest absolute Gasteiger partial charge is 0.131 e. The normalized spacial score (nSPS) is 11.0. The summed E-state index contributed by atoms with van der Waals surface area (Å²) < 4.78 is 0. The highest BCUT2D eigenvalue weighted by Gasteiger charge is 2.06. The SMILES string of the molecule is CC(C)Nc1nc2ccccc2cc1CN. The lowest BCUT2D eigenvalue weighted by Crippen LogP contribution is -2.14. The molecule has 0 saturated carbocycles. The second kappa shape index (κ2) is 4.49. The van der Waals surface area contributed by atoms with E-state index in [1.54, 1.807) is 0 Å². The zero-order valence-corrected chi connectivity index (χ0v) is 9.70. The first-order valence-electron chi connectivity index (χ1n) is 5.56. The van der Waals surface area contributed by atoms with Gasteiger partial charge in [0, 0.05) is 23.5 Å². The average Bonchev–Trinajstić information content (AvgIpc) is 2.27. The molecule has 0 spiro atoms. The largest absolute Gasteiger partial charge is 0.368 e. The molecule has 0 fully saturated rings. The van der Waals surface area contributed by atoms with E-state index >= 15 is 0 Å². The van der Waals surface area contributed by atoms with Gasteiger partial charge in [-0.25, -0.2) is 4.98 Å². The van der Waals surface area contributed by atoms with Crippen LogP contribution in [-0.2, 0) is 6.54 Å². The first-order chi connectivity index (χ1) is 7.70. The van der Waals surface area contributed by atoms with Gasteiger partial charge in [0.05, 0.1) is 5.52 Å². The van der Waals surface area contributed by atoms with Crippen LogP contribution in [0.3, 0.4) is 0 Å². The van der Waals surface area contributed by atoms with Crippen LogP contribution in [0.1, 0.15) is 19.4 Å². The first-order valence-corrected chi connectivity index (χ1v) is 5.56. The lowest BCUT2D eigenvalue weighted by atomic mass is 10.1. The number of fused-ring (bicyclic) bond motifs is 1. The Morgan fingerprint density at radius 1 is 1.31 bits per heavy atom. The molecule has 16 heavy (non-hydrogen) atoms. The van der Waals surface area contributed by atoms with E-state index in [9.17, 15) is 0 Å². The zero-order valence-electron chi connectivity index (χ0n) is 9.70. The van der Waals surface area contributed by atoms with Crippen molar-refractivity contribution in [3.05, 3.63) is 35.9 Å². The van der Waals surface area contributed by atoms with Crippen molar-refractivity contribution in [2.75, 3.05) is 5.32 Å². The van der Waals surface area contributed by atoms with Crippen LogP contribution in [0.5, 0.6) is 0 Å². The van der Waals surface area contributed by atoms with E-state index in [0.29, 0.717) is 12.6 Å². The van der Waals surface area contributed by atoms with Crippen molar-refractivity contribution in [2.45, 2.75) is 26.4 Å². The molecule has 0 bridgehead atoms. The first kappa shape index (κ1) is 10.9. The zero-order chi connectivity index (χ0) is 11.5. The molecule has 1 heterocycles. The van der Waals surface area contributed by atoms with Crippen molar-refractivity contribution < 1.29 is 0 Å². The number of rotatable bonds is 3. The van der Waals surface area contributed by atoms with E-state index in [1.807, 2.05) is 18.2 Å². The number of pyridine rings is 1. The van der Waals surface area contributed by atoms with Gasteiger partial charge in [0.1, 0.15) is 5.82 Å². The van der Waals surface area contributed by atoms with Gasteiger partial charge in [-0.1, -0.05) is 18.2 Å². The molecule has 0 aliphatic rings. The molecular formula is C13H17N3. The fourth-order valence-electron chi connectivity index (χ4n) is 1.71. The number of benzene rings is 1. The molecule has 3 nitrogen and oxygen atoms in total. The number of hydrogen-bond acceptors (Lipinski definition) is 3. The summed E-state index contributed by atoms with van der Waals surface area (Å²) in [6.07, 6.45) is 0. The minimum atomic E-state index is 0.360. The summed E-state index contributed by atoms with van der Waals surface area (Å²) >= 11 is 0. The average molecular weight is 215 g/mol. The van der Waals surface area contributed by atoms with E-state index in [-0.39, 0.29) is 0 Å². The Balaban J connectivity index is 2.53. The van der Waals surface area contributed by atoms with E-state index in [1.165, 1.54) is 0 Å². The van der Waals surface area contributed by atoms with Crippen molar-refractivity contribution in [1.82, 2.24) is 4.98 Å². The van der Waals surface area contributed by atoms with Crippen molar-refractivity contribution in [2.24, 2.45) is 5.73 Å². The maximum absolute atomic E-state index is 5.74. The topological polar surface area (TPSA) is 50.9 Å². The van der Waals surface area contributed by atoms with Crippen molar-refractivity contribution in [3.8, 4) is 0 Å². The third kappa shape index (κ3) is 2.14. The van der Waals surface area contributed by atoms with Crippen molar-refractivity contribution in [1.29, 1.82) is 0 Å². The second-order valence-corrected chi connectivity index (χ2v) is 4.19. The Labute approximate surface area is 95.7 Å². The number of anilines is 1. The van der Waals surface area contributed by atoms with Gasteiger partial charge in [-0.15, -0.1) is 0 Å². The summed E-state index contributed by atoms with van der Waals surface area (Å²) in [5.41, 5.74) is 7.80. The van der Waals surface area contributed by atoms with Crippen LogP contribution in [-0.4, -0.2) is 11.0 Å². The second-order valence-electron chi connectivity index (χ2n) is 4.19. The molecule has 0 amide bonds. The van der Waals surface area contributed by atoms with Gasteiger partial charge < -0.3 is 11.1 Å². The Hall–Kier alpha value is -1.61. The summed E-state index contributed by atoms with van der Waals surface area (Å²) in [6.45, 7) is 4.70. The Bertz CT molecular complexity index is 492. The maximum Gasteiger partial charge on any atom is 0.131 e. The van der Waals surface area contributed by atoms with Crippen LogP contribution in [0, 0.1) is 0 Å². The fraction of sp³-hybridized carbons (Fsp3) is 0.308. The van der Waals surface area contributed by atoms with Gasteiger partial charge in [-0.2, -0.15) is 0 Å². The standard InChI is InChI=1S/C13H17N3/c1-9(2)15-13-11(8-14)7-10-5-3-4-6-12(10)16-13/h3-7,9H,8,14H2,1-2H3,(H,15,16). The van der Waals surface area contributed by atoms with Crippen molar-refractivity contribution >= 4 is 16.7 Å². The lowest BCUT2D eigenvalue weighted by Gasteiger charge is -2.13. The molecule has 3 N–H and O–H groups in total. The van der Waals surface area contributed by atoms with Crippen LogP contribution < -0.4 is 11.1 Å². The van der Waals surface area contributed by atoms with Gasteiger partial charge in [0.15, 0.2) is 0 Å². The maximum atomic E-state index is 5.74. The van der Waals surface area contributed by atoms with Crippen molar-refractivity contribution in [3.63, 3.8) is 0 Å². The van der Waals surface area contributed by atoms with Gasteiger partial charge in [0.25, 0.3) is 0 Å². The Kier molecular flexibility index (Phi) is 3.06. The summed E-state index contributed by atoms with van der Waals surface area (Å²) in [4.78, 5) is 4.60. The Morgan fingerprint density at radius 3 is 2.75 bits per heavy atom. The minimum Gasteiger partial charge on any atom is -0.368 e. The quantitative estimate of drug-likeness (QED) is 0.827. The summed E-state index contributed by atoms with van der Waals surface area (Å²) in [6, 6.07) is 10.5. The number of nitrogens with one attached hydrogen (secondary N) is 1. The van der Waals surface area contributed by atoms with Crippen LogP contribution in [0.4, 0.5) is 5.82 Å². The lowest BCUT2D eigenvalue weighted by molar-refractivity contribution is 0.882. The molecule has 3 heteroatoms. The summed E-state index contributed by atoms with van der Waals surface area (Å²) in [5.74, 6) is 0.899. The molecule has 1 aromatic carbocycles. The highest BCUT2D eigenvalue weighted by molar-refractivity contribution is 5.81. The molecule has 0 radical (unpaired) electrons. The summed E-state index contributed by atoms with van der Waals surface area (Å²) in [7, 11) is 0. The highest BCUT2D eigenvalue weighted by atomic mass is 15.0. The highest BCUT2D eigenvalue weighted by Crippen LogP contribution is 2.20. The van der Waals surface area contributed by atoms with Gasteiger partial charge in [-0.05, 0) is 26.0 Å². The molecule has 2 rings (SSSR count). The van der Waals surface area contributed by atoms with E-state index in [2.05, 4.69) is 36.3 Å². The third-order valence-electron chi connectivity index (χ3n) is 2.45. The third-order valence-corrected chi connectivity index (χ3v) is 2.45. The van der Waals surface area contributed by atoms with Crippen LogP contribution in [0.2, 0.25) is 0 Å². The monoisotopic (exact) mass is 215 g/mol. The van der Waals surface area contributed by atoms with Crippen LogP contribution in [0.25, 0.3) is 10.9 Å². The van der Waals surface area contributed by atoms with Gasteiger partial charge >= 0.3 is 0 Å². The van der Waals surface area contributed by atoms with E-state index in [0.717, 1.165) is 22.3 Å². The molecule has 84 valence electrons. The van der Waals surface area contributed by atoms with Gasteiger partial charge in [0.2, 0.25) is 0 Å². The Morgan fingerprint density at radius 2 is 2.06 bits per heavy atom. The van der Waals surface area contributed by atoms with Crippen LogP contribution >= 0.6 is 0 Å². The number of nitrogens with zero attached hydrogens (tertiary/aromatic N) is 1. The number of hydrogen-bond donors (Lipinski definition) is 2. The fourth-order valence-corrected chi connectivity index (χ4v) is 1.71. The minimum absolute atomic E-state index is 0.360. The molecule has 0 saturated heterocycles. The molecule has 0 aliphatic carbocycles. The molecule has 0 atom stereocenters. The summed E-state index contributed by atoms with van der Waals surface area (Å²) in [5, 5.41) is 4.46. The van der Waals surface area contributed by atoms with E-state index in [4.69, 9.17) is 5.73 Å². The predicted octanol–water partition coefficient (Wildman–Crippen LogP) is 2.51. The molecule has 0 aliphatic heterocycles. The molecule has 0 unspecified atom stereocenters. The molecular weight excluding hydrogens is 198 g/mol. The number of aromatic nitrogens is 1. The predicted molar refractivity (Wildman–Crippen MR) is 68.4 cm³/mol. The van der Waals surface area contributed by atoms with E-state index < -0.39 is 0 Å². The molecule has 2 aromatic rings. The molecule has 1 aromatic heterocycles. The van der Waals surface area contributed by atoms with Crippen LogP contribution in [0.15, 0.2) is 30.3 Å².